The third-order valence-electron chi connectivity index (χ3n) is 3.71. The topological polar surface area (TPSA) is 25.4 Å². The van der Waals surface area contributed by atoms with Gasteiger partial charge in [0.1, 0.15) is 17.9 Å². The molecule has 0 bridgehead atoms. The number of rotatable bonds is 4. The fourth-order valence-electron chi connectivity index (χ4n) is 2.66. The monoisotopic (exact) mass is 292 g/mol. The zero-order valence-corrected chi connectivity index (χ0v) is 12.4. The number of hydrogen-bond acceptors (Lipinski definition) is 3. The van der Waals surface area contributed by atoms with Crippen molar-refractivity contribution in [3.8, 4) is 5.75 Å². The van der Waals surface area contributed by atoms with Gasteiger partial charge in [0.05, 0.1) is 0 Å². The highest BCUT2D eigenvalue weighted by Gasteiger charge is 2.10. The number of fused-ring (bicyclic) bond motifs is 1. The smallest absolute Gasteiger partial charge is 0.145 e. The average Bonchev–Trinajstić information content (AvgIpc) is 2.49. The third-order valence-corrected chi connectivity index (χ3v) is 3.71. The van der Waals surface area contributed by atoms with Crippen molar-refractivity contribution in [3.05, 3.63) is 36.5 Å². The van der Waals surface area contributed by atoms with Crippen LogP contribution in [0.25, 0.3) is 10.9 Å². The van der Waals surface area contributed by atoms with E-state index in [1.54, 1.807) is 0 Å². The van der Waals surface area contributed by atoms with Crippen LogP contribution < -0.4 is 4.74 Å². The molecule has 20 heavy (non-hydrogen) atoms. The number of halogens is 1. The molecule has 3 rings (SSSR count). The first-order valence-corrected chi connectivity index (χ1v) is 7.12. The predicted octanol–water partition coefficient (Wildman–Crippen LogP) is 3.52. The van der Waals surface area contributed by atoms with Crippen LogP contribution in [0, 0.1) is 0 Å². The minimum atomic E-state index is 0. The average molecular weight is 293 g/mol. The highest BCUT2D eigenvalue weighted by Crippen LogP contribution is 2.22. The Morgan fingerprint density at radius 2 is 1.85 bits per heavy atom. The van der Waals surface area contributed by atoms with E-state index in [1.807, 2.05) is 24.4 Å². The molecule has 2 heterocycles. The molecule has 108 valence electrons. The molecule has 0 amide bonds. The second-order valence-electron chi connectivity index (χ2n) is 5.08. The molecule has 1 fully saturated rings. The van der Waals surface area contributed by atoms with E-state index in [2.05, 4.69) is 22.0 Å². The molecule has 0 unspecified atom stereocenters. The van der Waals surface area contributed by atoms with Crippen LogP contribution in [0.15, 0.2) is 36.5 Å². The standard InChI is InChI=1S/C16H20N2O.ClH/c1-2-10-18(11-3-1)12-13-19-15-8-4-6-14-7-5-9-17-16(14)15;/h4-9H,1-3,10-13H2;1H. The summed E-state index contributed by atoms with van der Waals surface area (Å²) >= 11 is 0. The molecule has 1 saturated heterocycles. The van der Waals surface area contributed by atoms with Crippen molar-refractivity contribution in [2.75, 3.05) is 26.2 Å². The summed E-state index contributed by atoms with van der Waals surface area (Å²) in [6.45, 7) is 4.20. The van der Waals surface area contributed by atoms with Crippen LogP contribution in [-0.4, -0.2) is 36.1 Å². The van der Waals surface area contributed by atoms with Gasteiger partial charge >= 0.3 is 0 Å². The molecule has 0 N–H and O–H groups in total. The molecule has 0 atom stereocenters. The predicted molar refractivity (Wildman–Crippen MR) is 84.8 cm³/mol. The van der Waals surface area contributed by atoms with E-state index in [-0.39, 0.29) is 12.4 Å². The van der Waals surface area contributed by atoms with Crippen molar-refractivity contribution < 1.29 is 4.74 Å². The van der Waals surface area contributed by atoms with Gasteiger partial charge in [0.25, 0.3) is 0 Å². The number of ether oxygens (including phenoxy) is 1. The fraction of sp³-hybridized carbons (Fsp3) is 0.438. The molecule has 1 aromatic heterocycles. The molecule has 0 saturated carbocycles. The van der Waals surface area contributed by atoms with Gasteiger partial charge in [0.2, 0.25) is 0 Å². The summed E-state index contributed by atoms with van der Waals surface area (Å²) in [6.07, 6.45) is 5.86. The molecule has 1 aromatic carbocycles. The third kappa shape index (κ3) is 3.62. The SMILES string of the molecule is Cl.c1cnc2c(OCCN3CCCCC3)cccc2c1. The quantitative estimate of drug-likeness (QED) is 0.862. The Morgan fingerprint density at radius 3 is 2.70 bits per heavy atom. The van der Waals surface area contributed by atoms with E-state index < -0.39 is 0 Å². The Hall–Kier alpha value is -1.32. The van der Waals surface area contributed by atoms with Crippen LogP contribution >= 0.6 is 12.4 Å². The van der Waals surface area contributed by atoms with E-state index in [1.165, 1.54) is 32.4 Å². The van der Waals surface area contributed by atoms with E-state index in [4.69, 9.17) is 4.74 Å². The first-order chi connectivity index (χ1) is 9.43. The number of piperidine rings is 1. The minimum absolute atomic E-state index is 0. The molecule has 3 nitrogen and oxygen atoms in total. The van der Waals surface area contributed by atoms with Gasteiger partial charge in [-0.25, -0.2) is 0 Å². The first kappa shape index (κ1) is 15.1. The van der Waals surface area contributed by atoms with Gasteiger partial charge in [-0.3, -0.25) is 9.88 Å². The van der Waals surface area contributed by atoms with Gasteiger partial charge in [-0.15, -0.1) is 12.4 Å². The van der Waals surface area contributed by atoms with Crippen LogP contribution in [-0.2, 0) is 0 Å². The Labute approximate surface area is 126 Å². The van der Waals surface area contributed by atoms with Crippen molar-refractivity contribution in [3.63, 3.8) is 0 Å². The Kier molecular flexibility index (Phi) is 5.62. The summed E-state index contributed by atoms with van der Waals surface area (Å²) in [5, 5.41) is 1.14. The highest BCUT2D eigenvalue weighted by molar-refractivity contribution is 5.85. The van der Waals surface area contributed by atoms with Crippen LogP contribution in [0.1, 0.15) is 19.3 Å². The Bertz CT molecular complexity index is 535. The summed E-state index contributed by atoms with van der Waals surface area (Å²) in [6, 6.07) is 10.1. The van der Waals surface area contributed by atoms with Crippen molar-refractivity contribution in [1.82, 2.24) is 9.88 Å². The van der Waals surface area contributed by atoms with Crippen molar-refractivity contribution in [2.24, 2.45) is 0 Å². The minimum Gasteiger partial charge on any atom is -0.490 e. The zero-order chi connectivity index (χ0) is 12.9. The van der Waals surface area contributed by atoms with Crippen LogP contribution in [0.4, 0.5) is 0 Å². The largest absolute Gasteiger partial charge is 0.490 e. The molecular weight excluding hydrogens is 272 g/mol. The first-order valence-electron chi connectivity index (χ1n) is 7.12. The molecule has 0 aliphatic carbocycles. The molecular formula is C16H21ClN2O. The van der Waals surface area contributed by atoms with Gasteiger partial charge in [-0.05, 0) is 38.1 Å². The fourth-order valence-corrected chi connectivity index (χ4v) is 2.66. The number of pyridine rings is 1. The number of likely N-dealkylation sites (tertiary alicyclic amines) is 1. The maximum Gasteiger partial charge on any atom is 0.145 e. The molecule has 1 aliphatic heterocycles. The van der Waals surface area contributed by atoms with Crippen LogP contribution in [0.5, 0.6) is 5.75 Å². The second-order valence-corrected chi connectivity index (χ2v) is 5.08. The molecule has 0 spiro atoms. The van der Waals surface area contributed by atoms with Crippen molar-refractivity contribution >= 4 is 23.3 Å². The highest BCUT2D eigenvalue weighted by atomic mass is 35.5. The number of para-hydroxylation sites is 1. The van der Waals surface area contributed by atoms with E-state index in [9.17, 15) is 0 Å². The maximum absolute atomic E-state index is 5.92. The van der Waals surface area contributed by atoms with Crippen LogP contribution in [0.3, 0.4) is 0 Å². The molecule has 0 radical (unpaired) electrons. The normalized spacial score (nSPS) is 15.8. The summed E-state index contributed by atoms with van der Waals surface area (Å²) in [5.74, 6) is 0.898. The lowest BCUT2D eigenvalue weighted by Crippen LogP contribution is -2.33. The van der Waals surface area contributed by atoms with E-state index in [0.717, 1.165) is 29.8 Å². The van der Waals surface area contributed by atoms with Crippen LogP contribution in [0.2, 0.25) is 0 Å². The maximum atomic E-state index is 5.92. The van der Waals surface area contributed by atoms with Gasteiger partial charge in [-0.1, -0.05) is 24.6 Å². The summed E-state index contributed by atoms with van der Waals surface area (Å²) in [7, 11) is 0. The summed E-state index contributed by atoms with van der Waals surface area (Å²) in [5.41, 5.74) is 0.962. The molecule has 1 aliphatic rings. The number of nitrogens with zero attached hydrogens (tertiary/aromatic N) is 2. The summed E-state index contributed by atoms with van der Waals surface area (Å²) in [4.78, 5) is 6.90. The lowest BCUT2D eigenvalue weighted by molar-refractivity contribution is 0.184. The van der Waals surface area contributed by atoms with Crippen molar-refractivity contribution in [2.45, 2.75) is 19.3 Å². The van der Waals surface area contributed by atoms with Gasteiger partial charge in [-0.2, -0.15) is 0 Å². The lowest BCUT2D eigenvalue weighted by Gasteiger charge is -2.26. The number of hydrogen-bond donors (Lipinski definition) is 0. The van der Waals surface area contributed by atoms with Gasteiger partial charge in [0, 0.05) is 18.1 Å². The Balaban J connectivity index is 0.00000147. The second kappa shape index (κ2) is 7.46. The zero-order valence-electron chi connectivity index (χ0n) is 11.6. The van der Waals surface area contributed by atoms with Gasteiger partial charge < -0.3 is 4.74 Å². The van der Waals surface area contributed by atoms with E-state index >= 15 is 0 Å². The summed E-state index contributed by atoms with van der Waals surface area (Å²) < 4.78 is 5.92. The number of benzene rings is 1. The lowest BCUT2D eigenvalue weighted by atomic mass is 10.1. The van der Waals surface area contributed by atoms with E-state index in [0.29, 0.717) is 0 Å². The van der Waals surface area contributed by atoms with Gasteiger partial charge in [0.15, 0.2) is 0 Å². The molecule has 2 aromatic rings. The Morgan fingerprint density at radius 1 is 1.05 bits per heavy atom. The molecule has 4 heteroatoms. The van der Waals surface area contributed by atoms with Crippen molar-refractivity contribution in [1.29, 1.82) is 0 Å². The number of aromatic nitrogens is 1.